The summed E-state index contributed by atoms with van der Waals surface area (Å²) in [6.07, 6.45) is 2.23. The quantitative estimate of drug-likeness (QED) is 0.538. The third-order valence-corrected chi connectivity index (χ3v) is 5.28. The van der Waals surface area contributed by atoms with Gasteiger partial charge in [-0.3, -0.25) is 9.69 Å². The number of thioether (sulfide) groups is 1. The van der Waals surface area contributed by atoms with Crippen LogP contribution in [0.25, 0.3) is 6.08 Å². The number of ether oxygens (including phenoxy) is 2. The number of aliphatic carboxylic acids is 1. The average molecular weight is 419 g/mol. The zero-order chi connectivity index (χ0) is 20.3. The molecule has 1 atom stereocenters. The summed E-state index contributed by atoms with van der Waals surface area (Å²) < 4.78 is 16.4. The van der Waals surface area contributed by atoms with Crippen LogP contribution in [0.3, 0.4) is 0 Å². The third-order valence-electron chi connectivity index (χ3n) is 3.90. The van der Waals surface area contributed by atoms with E-state index < -0.39 is 12.1 Å². The summed E-state index contributed by atoms with van der Waals surface area (Å²) in [7, 11) is 1.46. The lowest BCUT2D eigenvalue weighted by molar-refractivity contribution is -0.144. The van der Waals surface area contributed by atoms with Crippen molar-refractivity contribution < 1.29 is 28.6 Å². The Morgan fingerprint density at radius 1 is 1.39 bits per heavy atom. The summed E-state index contributed by atoms with van der Waals surface area (Å²) in [6, 6.07) is 8.52. The van der Waals surface area contributed by atoms with Gasteiger partial charge in [0.2, 0.25) is 0 Å². The fraction of sp³-hybridized carbons (Fsp3) is 0.211. The number of methoxy groups -OCH3 is 1. The van der Waals surface area contributed by atoms with Crippen LogP contribution in [0.2, 0.25) is 0 Å². The number of carboxylic acid groups (broad SMARTS) is 1. The zero-order valence-electron chi connectivity index (χ0n) is 15.1. The molecule has 1 aliphatic heterocycles. The van der Waals surface area contributed by atoms with E-state index in [-0.39, 0.29) is 12.5 Å². The molecule has 0 bridgehead atoms. The van der Waals surface area contributed by atoms with Crippen LogP contribution >= 0.6 is 24.0 Å². The van der Waals surface area contributed by atoms with Gasteiger partial charge < -0.3 is 19.0 Å². The van der Waals surface area contributed by atoms with Crippen LogP contribution in [0.5, 0.6) is 11.5 Å². The van der Waals surface area contributed by atoms with Crippen molar-refractivity contribution in [2.45, 2.75) is 19.6 Å². The van der Waals surface area contributed by atoms with Crippen molar-refractivity contribution in [3.63, 3.8) is 0 Å². The number of amides is 1. The lowest BCUT2D eigenvalue weighted by Gasteiger charge is -2.14. The van der Waals surface area contributed by atoms with E-state index in [0.29, 0.717) is 32.0 Å². The van der Waals surface area contributed by atoms with E-state index in [1.807, 2.05) is 0 Å². The van der Waals surface area contributed by atoms with Crippen LogP contribution in [0, 0.1) is 0 Å². The van der Waals surface area contributed by atoms with Crippen molar-refractivity contribution in [3.05, 3.63) is 52.8 Å². The molecule has 0 saturated carbocycles. The van der Waals surface area contributed by atoms with E-state index >= 15 is 0 Å². The normalized spacial score (nSPS) is 16.5. The number of hydrogen-bond acceptors (Lipinski definition) is 7. The molecule has 9 heteroatoms. The molecular weight excluding hydrogens is 402 g/mol. The predicted molar refractivity (Wildman–Crippen MR) is 108 cm³/mol. The van der Waals surface area contributed by atoms with Crippen molar-refractivity contribution in [3.8, 4) is 11.5 Å². The fourth-order valence-corrected chi connectivity index (χ4v) is 3.71. The Morgan fingerprint density at radius 3 is 2.82 bits per heavy atom. The number of hydrogen-bond donors (Lipinski definition) is 1. The molecule has 1 aliphatic rings. The smallest absolute Gasteiger partial charge is 0.344 e. The molecule has 0 radical (unpaired) electrons. The Hall–Kier alpha value is -2.78. The maximum Gasteiger partial charge on any atom is 0.344 e. The van der Waals surface area contributed by atoms with Crippen LogP contribution in [0.1, 0.15) is 18.2 Å². The van der Waals surface area contributed by atoms with Gasteiger partial charge in [0.25, 0.3) is 5.91 Å². The third kappa shape index (κ3) is 4.37. The average Bonchev–Trinajstić information content (AvgIpc) is 3.27. The standard InChI is InChI=1S/C19H17NO6S2/c1-11(18(22)23)26-14-6-5-12(8-15(14)24-2)9-16-17(21)20(19(27)28-16)10-13-4-3-7-25-13/h3-9,11H,10H2,1-2H3,(H,22,23)/b16-9+. The van der Waals surface area contributed by atoms with Crippen molar-refractivity contribution >= 4 is 46.3 Å². The highest BCUT2D eigenvalue weighted by atomic mass is 32.2. The summed E-state index contributed by atoms with van der Waals surface area (Å²) in [5.74, 6) is 0.0395. The molecule has 1 aromatic carbocycles. The van der Waals surface area contributed by atoms with Gasteiger partial charge in [-0.1, -0.05) is 30.0 Å². The Kier molecular flexibility index (Phi) is 6.05. The van der Waals surface area contributed by atoms with E-state index in [4.69, 9.17) is 31.2 Å². The molecule has 1 N–H and O–H groups in total. The molecule has 7 nitrogen and oxygen atoms in total. The lowest BCUT2D eigenvalue weighted by atomic mass is 10.1. The molecule has 3 rings (SSSR count). The van der Waals surface area contributed by atoms with E-state index in [0.717, 1.165) is 0 Å². The molecule has 2 aromatic rings. The summed E-state index contributed by atoms with van der Waals surface area (Å²) >= 11 is 6.52. The van der Waals surface area contributed by atoms with Crippen LogP contribution in [-0.4, -0.2) is 39.4 Å². The zero-order valence-corrected chi connectivity index (χ0v) is 16.7. The number of carbonyl (C=O) groups is 2. The summed E-state index contributed by atoms with van der Waals surface area (Å²) in [6.45, 7) is 1.71. The van der Waals surface area contributed by atoms with Crippen LogP contribution in [0.15, 0.2) is 45.9 Å². The second kappa shape index (κ2) is 8.49. The van der Waals surface area contributed by atoms with Gasteiger partial charge in [0.1, 0.15) is 10.1 Å². The highest BCUT2D eigenvalue weighted by Crippen LogP contribution is 2.35. The first-order chi connectivity index (χ1) is 13.4. The molecule has 0 spiro atoms. The van der Waals surface area contributed by atoms with Gasteiger partial charge in [-0.2, -0.15) is 0 Å². The summed E-state index contributed by atoms with van der Waals surface area (Å²) in [5, 5.41) is 8.98. The molecule has 1 aromatic heterocycles. The number of furan rings is 1. The maximum atomic E-state index is 12.7. The van der Waals surface area contributed by atoms with Crippen molar-refractivity contribution in [1.29, 1.82) is 0 Å². The first-order valence-corrected chi connectivity index (χ1v) is 9.46. The molecule has 1 unspecified atom stereocenters. The van der Waals surface area contributed by atoms with Crippen molar-refractivity contribution in [1.82, 2.24) is 4.90 Å². The van der Waals surface area contributed by atoms with Gasteiger partial charge in [0.15, 0.2) is 17.6 Å². The summed E-state index contributed by atoms with van der Waals surface area (Å²) in [5.41, 5.74) is 0.700. The molecule has 146 valence electrons. The fourth-order valence-electron chi connectivity index (χ4n) is 2.46. The SMILES string of the molecule is COc1cc(/C=C2/SC(=S)N(Cc3ccco3)C2=O)ccc1OC(C)C(=O)O. The summed E-state index contributed by atoms with van der Waals surface area (Å²) in [4.78, 5) is 25.6. The Bertz CT molecular complexity index is 938. The molecule has 1 saturated heterocycles. The first-order valence-electron chi connectivity index (χ1n) is 8.24. The van der Waals surface area contributed by atoms with E-state index in [2.05, 4.69) is 0 Å². The number of rotatable bonds is 7. The second-order valence-electron chi connectivity index (χ2n) is 5.86. The number of carboxylic acids is 1. The minimum atomic E-state index is -1.08. The van der Waals surface area contributed by atoms with Gasteiger partial charge in [-0.05, 0) is 42.8 Å². The highest BCUT2D eigenvalue weighted by Gasteiger charge is 2.32. The molecule has 2 heterocycles. The van der Waals surface area contributed by atoms with Crippen LogP contribution < -0.4 is 9.47 Å². The number of carbonyl (C=O) groups excluding carboxylic acids is 1. The largest absolute Gasteiger partial charge is 0.493 e. The van der Waals surface area contributed by atoms with Crippen LogP contribution in [-0.2, 0) is 16.1 Å². The van der Waals surface area contributed by atoms with Gasteiger partial charge in [-0.25, -0.2) is 4.79 Å². The monoisotopic (exact) mass is 419 g/mol. The topological polar surface area (TPSA) is 89.2 Å². The molecule has 1 amide bonds. The van der Waals surface area contributed by atoms with Gasteiger partial charge in [0.05, 0.1) is 24.8 Å². The molecule has 0 aliphatic carbocycles. The van der Waals surface area contributed by atoms with E-state index in [9.17, 15) is 9.59 Å². The van der Waals surface area contributed by atoms with E-state index in [1.54, 1.807) is 42.7 Å². The molecular formula is C19H17NO6S2. The minimum Gasteiger partial charge on any atom is -0.493 e. The maximum absolute atomic E-state index is 12.7. The lowest BCUT2D eigenvalue weighted by Crippen LogP contribution is -2.27. The van der Waals surface area contributed by atoms with Crippen molar-refractivity contribution in [2.75, 3.05) is 7.11 Å². The van der Waals surface area contributed by atoms with Gasteiger partial charge >= 0.3 is 5.97 Å². The van der Waals surface area contributed by atoms with Crippen molar-refractivity contribution in [2.24, 2.45) is 0 Å². The first kappa shape index (κ1) is 20.0. The second-order valence-corrected chi connectivity index (χ2v) is 7.53. The number of benzene rings is 1. The molecule has 1 fully saturated rings. The Labute approximate surface area is 170 Å². The van der Waals surface area contributed by atoms with Crippen LogP contribution in [0.4, 0.5) is 0 Å². The molecule has 28 heavy (non-hydrogen) atoms. The predicted octanol–water partition coefficient (Wildman–Crippen LogP) is 3.54. The van der Waals surface area contributed by atoms with Gasteiger partial charge in [-0.15, -0.1) is 0 Å². The van der Waals surface area contributed by atoms with Gasteiger partial charge in [0, 0.05) is 0 Å². The number of nitrogens with zero attached hydrogens (tertiary/aromatic N) is 1. The highest BCUT2D eigenvalue weighted by molar-refractivity contribution is 8.26. The minimum absolute atomic E-state index is 0.204. The van der Waals surface area contributed by atoms with E-state index in [1.165, 1.54) is 30.7 Å². The Morgan fingerprint density at radius 2 is 2.18 bits per heavy atom. The number of thiocarbonyl (C=S) groups is 1. The Balaban J connectivity index is 1.80.